The number of nitrogens with two attached hydrogens (primary N) is 1. The number of nitrogens with zero attached hydrogens (tertiary/aromatic N) is 1. The first-order valence-corrected chi connectivity index (χ1v) is 8.30. The molecule has 120 valence electrons. The van der Waals surface area contributed by atoms with Crippen LogP contribution in [0.1, 0.15) is 63.4 Å². The largest absolute Gasteiger partial charge is 0.399 e. The van der Waals surface area contributed by atoms with Crippen LogP contribution < -0.4 is 5.73 Å². The summed E-state index contributed by atoms with van der Waals surface area (Å²) in [6.45, 7) is 2.73. The van der Waals surface area contributed by atoms with Crippen LogP contribution >= 0.6 is 0 Å². The minimum absolute atomic E-state index is 0.0189. The smallest absolute Gasteiger partial charge is 0.229 e. The third-order valence-electron chi connectivity index (χ3n) is 4.42. The van der Waals surface area contributed by atoms with Gasteiger partial charge in [-0.05, 0) is 36.5 Å². The van der Waals surface area contributed by atoms with Gasteiger partial charge in [0.2, 0.25) is 11.8 Å². The van der Waals surface area contributed by atoms with Gasteiger partial charge in [-0.1, -0.05) is 38.3 Å². The van der Waals surface area contributed by atoms with Crippen molar-refractivity contribution in [2.45, 2.75) is 57.8 Å². The minimum Gasteiger partial charge on any atom is -0.399 e. The van der Waals surface area contributed by atoms with E-state index < -0.39 is 0 Å². The van der Waals surface area contributed by atoms with Crippen molar-refractivity contribution < 1.29 is 9.59 Å². The van der Waals surface area contributed by atoms with Crippen LogP contribution in [0.5, 0.6) is 0 Å². The Morgan fingerprint density at radius 2 is 1.68 bits per heavy atom. The number of likely N-dealkylation sites (tertiary alicyclic amines) is 1. The first-order valence-electron chi connectivity index (χ1n) is 8.30. The summed E-state index contributed by atoms with van der Waals surface area (Å²) in [5, 5.41) is 0. The Morgan fingerprint density at radius 3 is 2.27 bits per heavy atom. The Hall–Kier alpha value is -1.84. The maximum absolute atomic E-state index is 11.7. The molecule has 0 spiro atoms. The van der Waals surface area contributed by atoms with Crippen molar-refractivity contribution in [3.05, 3.63) is 29.8 Å². The summed E-state index contributed by atoms with van der Waals surface area (Å²) < 4.78 is 0. The molecule has 4 nitrogen and oxygen atoms in total. The number of unbranched alkanes of at least 4 members (excludes halogenated alkanes) is 2. The molecule has 0 saturated carbocycles. The molecule has 2 rings (SSSR count). The normalized spacial score (nSPS) is 16.3. The zero-order chi connectivity index (χ0) is 15.9. The third kappa shape index (κ3) is 4.33. The Balaban J connectivity index is 1.99. The van der Waals surface area contributed by atoms with Crippen LogP contribution in [-0.2, 0) is 9.59 Å². The number of anilines is 1. The molecule has 2 amide bonds. The Bertz CT molecular complexity index is 494. The number of amides is 2. The first kappa shape index (κ1) is 16.5. The fourth-order valence-electron chi connectivity index (χ4n) is 3.04. The molecule has 1 aromatic rings. The lowest BCUT2D eigenvalue weighted by Crippen LogP contribution is -2.30. The molecular weight excluding hydrogens is 276 g/mol. The fraction of sp³-hybridized carbons (Fsp3) is 0.556. The van der Waals surface area contributed by atoms with E-state index in [9.17, 15) is 9.59 Å². The van der Waals surface area contributed by atoms with Crippen molar-refractivity contribution in [3.8, 4) is 0 Å². The SMILES string of the molecule is CCCCCC(CCN1C(=O)CCC1=O)c1ccc(N)cc1. The van der Waals surface area contributed by atoms with E-state index >= 15 is 0 Å². The van der Waals surface area contributed by atoms with Crippen molar-refractivity contribution in [2.24, 2.45) is 0 Å². The van der Waals surface area contributed by atoms with Gasteiger partial charge in [0.15, 0.2) is 0 Å². The van der Waals surface area contributed by atoms with Crippen molar-refractivity contribution >= 4 is 17.5 Å². The quantitative estimate of drug-likeness (QED) is 0.454. The van der Waals surface area contributed by atoms with E-state index in [2.05, 4.69) is 19.1 Å². The Morgan fingerprint density at radius 1 is 1.05 bits per heavy atom. The standard InChI is InChI=1S/C18H26N2O2/c1-2-3-4-5-14(15-6-8-16(19)9-7-15)12-13-20-17(21)10-11-18(20)22/h6-9,14H,2-5,10-13,19H2,1H3. The molecule has 1 unspecified atom stereocenters. The van der Waals surface area contributed by atoms with Gasteiger partial charge in [0, 0.05) is 25.1 Å². The van der Waals surface area contributed by atoms with Crippen molar-refractivity contribution in [2.75, 3.05) is 12.3 Å². The number of rotatable bonds is 8. The molecule has 0 bridgehead atoms. The molecule has 1 aromatic carbocycles. The molecule has 1 fully saturated rings. The lowest BCUT2D eigenvalue weighted by Gasteiger charge is -2.21. The predicted molar refractivity (Wildman–Crippen MR) is 88.3 cm³/mol. The van der Waals surface area contributed by atoms with E-state index in [0.717, 1.165) is 18.5 Å². The van der Waals surface area contributed by atoms with Gasteiger partial charge in [-0.3, -0.25) is 14.5 Å². The molecule has 0 aliphatic carbocycles. The number of benzene rings is 1. The van der Waals surface area contributed by atoms with E-state index in [0.29, 0.717) is 25.3 Å². The summed E-state index contributed by atoms with van der Waals surface area (Å²) in [5.41, 5.74) is 7.78. The second-order valence-electron chi connectivity index (χ2n) is 6.09. The number of hydrogen-bond donors (Lipinski definition) is 1. The van der Waals surface area contributed by atoms with Crippen LogP contribution in [0.4, 0.5) is 5.69 Å². The van der Waals surface area contributed by atoms with Crippen LogP contribution in [-0.4, -0.2) is 23.3 Å². The van der Waals surface area contributed by atoms with Crippen LogP contribution in [0.15, 0.2) is 24.3 Å². The van der Waals surface area contributed by atoms with Gasteiger partial charge in [-0.2, -0.15) is 0 Å². The Labute approximate surface area is 132 Å². The van der Waals surface area contributed by atoms with Crippen molar-refractivity contribution in [1.82, 2.24) is 4.90 Å². The summed E-state index contributed by atoms with van der Waals surface area (Å²) in [6.07, 6.45) is 6.26. The summed E-state index contributed by atoms with van der Waals surface area (Å²) in [5.74, 6) is 0.345. The number of nitrogen functional groups attached to an aromatic ring is 1. The number of imide groups is 1. The summed E-state index contributed by atoms with van der Waals surface area (Å²) in [7, 11) is 0. The highest BCUT2D eigenvalue weighted by Crippen LogP contribution is 2.28. The Kier molecular flexibility index (Phi) is 5.99. The third-order valence-corrected chi connectivity index (χ3v) is 4.42. The number of carbonyl (C=O) groups excluding carboxylic acids is 2. The molecule has 1 saturated heterocycles. The van der Waals surface area contributed by atoms with E-state index in [1.165, 1.54) is 29.7 Å². The summed E-state index contributed by atoms with van der Waals surface area (Å²) in [6, 6.07) is 7.99. The van der Waals surface area contributed by atoms with Crippen molar-refractivity contribution in [1.29, 1.82) is 0 Å². The van der Waals surface area contributed by atoms with E-state index in [1.807, 2.05) is 12.1 Å². The molecule has 2 N–H and O–H groups in total. The zero-order valence-electron chi connectivity index (χ0n) is 13.4. The summed E-state index contributed by atoms with van der Waals surface area (Å²) in [4.78, 5) is 24.9. The minimum atomic E-state index is -0.0189. The van der Waals surface area contributed by atoms with Crippen LogP contribution in [0.2, 0.25) is 0 Å². The van der Waals surface area contributed by atoms with Gasteiger partial charge in [0.1, 0.15) is 0 Å². The topological polar surface area (TPSA) is 63.4 Å². The number of hydrogen-bond acceptors (Lipinski definition) is 3. The summed E-state index contributed by atoms with van der Waals surface area (Å²) >= 11 is 0. The monoisotopic (exact) mass is 302 g/mol. The van der Waals surface area contributed by atoms with Gasteiger partial charge in [0.25, 0.3) is 0 Å². The second kappa shape index (κ2) is 7.97. The molecule has 1 heterocycles. The van der Waals surface area contributed by atoms with E-state index in [1.54, 1.807) is 0 Å². The molecule has 0 radical (unpaired) electrons. The number of carbonyl (C=O) groups is 2. The van der Waals surface area contributed by atoms with Crippen LogP contribution in [0, 0.1) is 0 Å². The van der Waals surface area contributed by atoms with E-state index in [-0.39, 0.29) is 11.8 Å². The maximum atomic E-state index is 11.7. The highest BCUT2D eigenvalue weighted by atomic mass is 16.2. The average molecular weight is 302 g/mol. The average Bonchev–Trinajstić information content (AvgIpc) is 2.83. The van der Waals surface area contributed by atoms with Crippen LogP contribution in [0.3, 0.4) is 0 Å². The molecule has 1 aliphatic heterocycles. The lowest BCUT2D eigenvalue weighted by molar-refractivity contribution is -0.138. The van der Waals surface area contributed by atoms with Crippen molar-refractivity contribution in [3.63, 3.8) is 0 Å². The van der Waals surface area contributed by atoms with Crippen LogP contribution in [0.25, 0.3) is 0 Å². The van der Waals surface area contributed by atoms with E-state index in [4.69, 9.17) is 5.73 Å². The zero-order valence-corrected chi connectivity index (χ0v) is 13.4. The van der Waals surface area contributed by atoms with Gasteiger partial charge < -0.3 is 5.73 Å². The first-order chi connectivity index (χ1) is 10.6. The fourth-order valence-corrected chi connectivity index (χ4v) is 3.04. The highest BCUT2D eigenvalue weighted by molar-refractivity contribution is 6.01. The lowest BCUT2D eigenvalue weighted by atomic mass is 9.90. The van der Waals surface area contributed by atoms with Gasteiger partial charge in [-0.15, -0.1) is 0 Å². The molecular formula is C18H26N2O2. The molecule has 1 atom stereocenters. The molecule has 0 aromatic heterocycles. The molecule has 1 aliphatic rings. The predicted octanol–water partition coefficient (Wildman–Crippen LogP) is 3.47. The van der Waals surface area contributed by atoms with Gasteiger partial charge in [0.05, 0.1) is 0 Å². The highest BCUT2D eigenvalue weighted by Gasteiger charge is 2.29. The van der Waals surface area contributed by atoms with Gasteiger partial charge >= 0.3 is 0 Å². The molecule has 22 heavy (non-hydrogen) atoms. The second-order valence-corrected chi connectivity index (χ2v) is 6.09. The maximum Gasteiger partial charge on any atom is 0.229 e. The molecule has 4 heteroatoms. The van der Waals surface area contributed by atoms with Gasteiger partial charge in [-0.25, -0.2) is 0 Å².